The number of nitrogens with two attached hydrogens (primary N) is 1. The van der Waals surface area contributed by atoms with Crippen LogP contribution in [0.1, 0.15) is 38.5 Å². The molecule has 0 aliphatic heterocycles. The lowest BCUT2D eigenvalue weighted by Crippen LogP contribution is -2.47. The van der Waals surface area contributed by atoms with Crippen molar-refractivity contribution in [2.24, 2.45) is 0 Å². The molecular formula is C12H18N6OS. The highest BCUT2D eigenvalue weighted by atomic mass is 32.2. The SMILES string of the molecule is N#CC1(NC(=O)CSc2n[nH]c(N)n2)CCCCCC1. The minimum absolute atomic E-state index is 0.165. The van der Waals surface area contributed by atoms with E-state index in [4.69, 9.17) is 5.73 Å². The molecule has 1 fully saturated rings. The van der Waals surface area contributed by atoms with E-state index in [9.17, 15) is 10.1 Å². The largest absolute Gasteiger partial charge is 0.368 e. The summed E-state index contributed by atoms with van der Waals surface area (Å²) < 4.78 is 0. The molecule has 108 valence electrons. The van der Waals surface area contributed by atoms with Crippen LogP contribution < -0.4 is 11.1 Å². The van der Waals surface area contributed by atoms with Gasteiger partial charge in [-0.05, 0) is 12.8 Å². The summed E-state index contributed by atoms with van der Waals surface area (Å²) in [5.74, 6) is 0.243. The van der Waals surface area contributed by atoms with Gasteiger partial charge in [0.25, 0.3) is 0 Å². The number of thioether (sulfide) groups is 1. The van der Waals surface area contributed by atoms with E-state index >= 15 is 0 Å². The Labute approximate surface area is 121 Å². The van der Waals surface area contributed by atoms with E-state index in [1.54, 1.807) is 0 Å². The van der Waals surface area contributed by atoms with E-state index < -0.39 is 5.54 Å². The van der Waals surface area contributed by atoms with Crippen LogP contribution in [0.25, 0.3) is 0 Å². The smallest absolute Gasteiger partial charge is 0.231 e. The van der Waals surface area contributed by atoms with Crippen molar-refractivity contribution in [1.82, 2.24) is 20.5 Å². The molecule has 1 aromatic heterocycles. The van der Waals surface area contributed by atoms with Crippen LogP contribution in [0.3, 0.4) is 0 Å². The first-order valence-corrected chi connectivity index (χ1v) is 7.65. The van der Waals surface area contributed by atoms with Crippen LogP contribution >= 0.6 is 11.8 Å². The Hall–Kier alpha value is -1.75. The number of carbonyl (C=O) groups is 1. The fourth-order valence-corrected chi connectivity index (χ4v) is 2.96. The zero-order valence-corrected chi connectivity index (χ0v) is 12.0. The number of H-pyrrole nitrogens is 1. The highest BCUT2D eigenvalue weighted by molar-refractivity contribution is 7.99. The average Bonchev–Trinajstić information content (AvgIpc) is 2.71. The van der Waals surface area contributed by atoms with Crippen LogP contribution in [-0.2, 0) is 4.79 Å². The fraction of sp³-hybridized carbons (Fsp3) is 0.667. The van der Waals surface area contributed by atoms with E-state index in [0.29, 0.717) is 5.16 Å². The van der Waals surface area contributed by atoms with E-state index in [2.05, 4.69) is 26.6 Å². The Morgan fingerprint density at radius 3 is 2.70 bits per heavy atom. The lowest BCUT2D eigenvalue weighted by molar-refractivity contribution is -0.120. The summed E-state index contributed by atoms with van der Waals surface area (Å²) in [5, 5.41) is 19.1. The summed E-state index contributed by atoms with van der Waals surface area (Å²) in [5.41, 5.74) is 4.71. The number of nitrogens with zero attached hydrogens (tertiary/aromatic N) is 3. The van der Waals surface area contributed by atoms with Crippen LogP contribution in [0.2, 0.25) is 0 Å². The summed E-state index contributed by atoms with van der Waals surface area (Å²) in [6.45, 7) is 0. The molecule has 1 heterocycles. The van der Waals surface area contributed by atoms with Crippen molar-refractivity contribution in [3.8, 4) is 6.07 Å². The molecule has 0 saturated heterocycles. The van der Waals surface area contributed by atoms with Gasteiger partial charge in [0, 0.05) is 0 Å². The second kappa shape index (κ2) is 6.61. The Kier molecular flexibility index (Phi) is 4.84. The van der Waals surface area contributed by atoms with Gasteiger partial charge in [0.1, 0.15) is 5.54 Å². The number of nitrogens with one attached hydrogen (secondary N) is 2. The lowest BCUT2D eigenvalue weighted by Gasteiger charge is -2.26. The van der Waals surface area contributed by atoms with E-state index in [0.717, 1.165) is 38.5 Å². The number of hydrogen-bond donors (Lipinski definition) is 3. The quantitative estimate of drug-likeness (QED) is 0.567. The topological polar surface area (TPSA) is 120 Å². The summed E-state index contributed by atoms with van der Waals surface area (Å²) in [6, 6.07) is 2.29. The van der Waals surface area contributed by atoms with E-state index in [1.807, 2.05) is 0 Å². The molecule has 7 nitrogen and oxygen atoms in total. The van der Waals surface area contributed by atoms with E-state index in [1.165, 1.54) is 11.8 Å². The maximum absolute atomic E-state index is 12.0. The Morgan fingerprint density at radius 2 is 2.15 bits per heavy atom. The zero-order chi connectivity index (χ0) is 14.4. The minimum atomic E-state index is -0.702. The van der Waals surface area contributed by atoms with Gasteiger partial charge >= 0.3 is 0 Å². The number of carbonyl (C=O) groups excluding carboxylic acids is 1. The normalized spacial score (nSPS) is 17.9. The number of nitriles is 1. The summed E-state index contributed by atoms with van der Waals surface area (Å²) in [7, 11) is 0. The van der Waals surface area contributed by atoms with Gasteiger partial charge in [-0.3, -0.25) is 4.79 Å². The van der Waals surface area contributed by atoms with Gasteiger partial charge in [-0.1, -0.05) is 37.4 Å². The highest BCUT2D eigenvalue weighted by Gasteiger charge is 2.32. The molecule has 1 aliphatic rings. The predicted molar refractivity (Wildman–Crippen MR) is 75.7 cm³/mol. The lowest BCUT2D eigenvalue weighted by atomic mass is 9.92. The maximum Gasteiger partial charge on any atom is 0.231 e. The molecule has 8 heteroatoms. The van der Waals surface area contributed by atoms with Gasteiger partial charge in [-0.2, -0.15) is 10.2 Å². The Bertz CT molecular complexity index is 500. The molecule has 0 bridgehead atoms. The first-order valence-electron chi connectivity index (χ1n) is 6.66. The zero-order valence-electron chi connectivity index (χ0n) is 11.2. The molecule has 4 N–H and O–H groups in total. The average molecular weight is 294 g/mol. The van der Waals surface area contributed by atoms with Gasteiger partial charge in [0.05, 0.1) is 11.8 Å². The minimum Gasteiger partial charge on any atom is -0.368 e. The van der Waals surface area contributed by atoms with Crippen molar-refractivity contribution >= 4 is 23.6 Å². The number of amides is 1. The number of hydrogen-bond acceptors (Lipinski definition) is 6. The standard InChI is InChI=1S/C12H18N6OS/c13-8-12(5-3-1-2-4-6-12)16-9(19)7-20-11-15-10(14)17-18-11/h1-7H2,(H,16,19)(H3,14,15,17,18). The van der Waals surface area contributed by atoms with Gasteiger partial charge in [-0.25, -0.2) is 5.10 Å². The first kappa shape index (κ1) is 14.7. The predicted octanol–water partition coefficient (Wildman–Crippen LogP) is 1.21. The molecule has 0 spiro atoms. The molecule has 2 rings (SSSR count). The molecule has 0 aromatic carbocycles. The van der Waals surface area contributed by atoms with Crippen LogP contribution in [0.15, 0.2) is 5.16 Å². The van der Waals surface area contributed by atoms with Crippen LogP contribution in [-0.4, -0.2) is 32.4 Å². The van der Waals surface area contributed by atoms with Crippen molar-refractivity contribution in [3.05, 3.63) is 0 Å². The number of nitrogen functional groups attached to an aromatic ring is 1. The highest BCUT2D eigenvalue weighted by Crippen LogP contribution is 2.26. The summed E-state index contributed by atoms with van der Waals surface area (Å²) in [4.78, 5) is 15.9. The number of anilines is 1. The Morgan fingerprint density at radius 1 is 1.45 bits per heavy atom. The van der Waals surface area contributed by atoms with Crippen molar-refractivity contribution in [2.75, 3.05) is 11.5 Å². The van der Waals surface area contributed by atoms with Crippen LogP contribution in [0.4, 0.5) is 5.95 Å². The van der Waals surface area contributed by atoms with Gasteiger partial charge in [-0.15, -0.1) is 5.10 Å². The molecule has 0 radical (unpaired) electrons. The Balaban J connectivity index is 1.87. The second-order valence-electron chi connectivity index (χ2n) is 4.95. The van der Waals surface area contributed by atoms with Crippen LogP contribution in [0, 0.1) is 11.3 Å². The third-order valence-electron chi connectivity index (χ3n) is 3.36. The molecular weight excluding hydrogens is 276 g/mol. The van der Waals surface area contributed by atoms with Crippen molar-refractivity contribution in [3.63, 3.8) is 0 Å². The van der Waals surface area contributed by atoms with Crippen molar-refractivity contribution in [1.29, 1.82) is 5.26 Å². The van der Waals surface area contributed by atoms with Gasteiger partial charge in [0.2, 0.25) is 17.0 Å². The monoisotopic (exact) mass is 294 g/mol. The third kappa shape index (κ3) is 3.87. The summed E-state index contributed by atoms with van der Waals surface area (Å²) >= 11 is 1.20. The first-order chi connectivity index (χ1) is 9.63. The third-order valence-corrected chi connectivity index (χ3v) is 4.21. The number of aromatic amines is 1. The molecule has 1 amide bonds. The molecule has 20 heavy (non-hydrogen) atoms. The molecule has 1 aromatic rings. The van der Waals surface area contributed by atoms with Gasteiger partial charge in [0.15, 0.2) is 0 Å². The molecule has 0 unspecified atom stereocenters. The van der Waals surface area contributed by atoms with Crippen LogP contribution in [0.5, 0.6) is 0 Å². The summed E-state index contributed by atoms with van der Waals surface area (Å²) in [6.07, 6.45) is 5.69. The number of aromatic nitrogens is 3. The maximum atomic E-state index is 12.0. The fourth-order valence-electron chi connectivity index (χ4n) is 2.35. The van der Waals surface area contributed by atoms with Crippen molar-refractivity contribution in [2.45, 2.75) is 49.2 Å². The second-order valence-corrected chi connectivity index (χ2v) is 5.89. The number of rotatable bonds is 4. The van der Waals surface area contributed by atoms with E-state index in [-0.39, 0.29) is 17.6 Å². The van der Waals surface area contributed by atoms with Crippen molar-refractivity contribution < 1.29 is 4.79 Å². The molecule has 1 aliphatic carbocycles. The van der Waals surface area contributed by atoms with Gasteiger partial charge < -0.3 is 11.1 Å². The molecule has 1 saturated carbocycles. The molecule has 0 atom stereocenters.